The number of hydrogen-bond acceptors (Lipinski definition) is 2. The number of carbonyl (C=O) groups excluding carboxylic acids is 1. The summed E-state index contributed by atoms with van der Waals surface area (Å²) in [4.78, 5) is 13.6. The Balaban J connectivity index is 2.34. The molecule has 0 saturated heterocycles. The molecule has 0 bridgehead atoms. The lowest BCUT2D eigenvalue weighted by atomic mass is 10.1. The quantitative estimate of drug-likeness (QED) is 0.803. The van der Waals surface area contributed by atoms with Crippen molar-refractivity contribution in [3.05, 3.63) is 17.5 Å². The number of rotatable bonds is 6. The van der Waals surface area contributed by atoms with E-state index in [1.165, 1.54) is 0 Å². The normalized spacial score (nSPS) is 10.8. The Morgan fingerprint density at radius 2 is 2.21 bits per heavy atom. The third-order valence-electron chi connectivity index (χ3n) is 3.33. The molecule has 5 heteroatoms. The molecule has 0 atom stereocenters. The van der Waals surface area contributed by atoms with Crippen molar-refractivity contribution in [1.29, 1.82) is 0 Å². The van der Waals surface area contributed by atoms with Crippen molar-refractivity contribution in [2.75, 3.05) is 13.6 Å². The van der Waals surface area contributed by atoms with Gasteiger partial charge in [0.1, 0.15) is 0 Å². The van der Waals surface area contributed by atoms with Crippen LogP contribution in [-0.4, -0.2) is 34.3 Å². The zero-order chi connectivity index (χ0) is 14.4. The molecular weight excluding hydrogens is 240 g/mol. The van der Waals surface area contributed by atoms with Crippen LogP contribution in [-0.2, 0) is 13.6 Å². The number of amides is 2. The van der Waals surface area contributed by atoms with Crippen LogP contribution in [0.1, 0.15) is 37.9 Å². The first-order chi connectivity index (χ1) is 8.91. The van der Waals surface area contributed by atoms with Gasteiger partial charge in [0.05, 0.1) is 12.7 Å². The molecule has 0 aliphatic carbocycles. The molecule has 1 heterocycles. The zero-order valence-electron chi connectivity index (χ0n) is 12.7. The van der Waals surface area contributed by atoms with Crippen LogP contribution in [0.5, 0.6) is 0 Å². The van der Waals surface area contributed by atoms with E-state index < -0.39 is 0 Å². The fourth-order valence-electron chi connectivity index (χ4n) is 1.87. The third-order valence-corrected chi connectivity index (χ3v) is 3.33. The molecule has 0 spiro atoms. The summed E-state index contributed by atoms with van der Waals surface area (Å²) >= 11 is 0. The number of aryl methyl sites for hydroxylation is 1. The van der Waals surface area contributed by atoms with Crippen LogP contribution < -0.4 is 5.32 Å². The predicted octanol–water partition coefficient (Wildman–Crippen LogP) is 2.31. The lowest BCUT2D eigenvalue weighted by molar-refractivity contribution is 0.206. The highest BCUT2D eigenvalue weighted by molar-refractivity contribution is 5.73. The maximum absolute atomic E-state index is 11.9. The molecule has 1 rings (SSSR count). The third kappa shape index (κ3) is 4.93. The lowest BCUT2D eigenvalue weighted by Gasteiger charge is -2.18. The van der Waals surface area contributed by atoms with E-state index in [0.29, 0.717) is 12.5 Å². The molecule has 5 nitrogen and oxygen atoms in total. The van der Waals surface area contributed by atoms with E-state index in [2.05, 4.69) is 24.3 Å². The minimum absolute atomic E-state index is 0.0213. The van der Waals surface area contributed by atoms with Crippen LogP contribution in [0.2, 0.25) is 0 Å². The average molecular weight is 266 g/mol. The van der Waals surface area contributed by atoms with Gasteiger partial charge in [0.25, 0.3) is 0 Å². The van der Waals surface area contributed by atoms with E-state index in [1.807, 2.05) is 31.9 Å². The first-order valence-electron chi connectivity index (χ1n) is 6.88. The van der Waals surface area contributed by atoms with Crippen LogP contribution >= 0.6 is 0 Å². The van der Waals surface area contributed by atoms with Gasteiger partial charge in [0.2, 0.25) is 0 Å². The summed E-state index contributed by atoms with van der Waals surface area (Å²) in [7, 11) is 3.72. The minimum Gasteiger partial charge on any atom is -0.338 e. The van der Waals surface area contributed by atoms with Crippen molar-refractivity contribution in [2.24, 2.45) is 13.0 Å². The molecule has 2 amide bonds. The van der Waals surface area contributed by atoms with Crippen molar-refractivity contribution in [1.82, 2.24) is 20.0 Å². The summed E-state index contributed by atoms with van der Waals surface area (Å²) in [5, 5.41) is 7.13. The summed E-state index contributed by atoms with van der Waals surface area (Å²) in [5.41, 5.74) is 2.18. The van der Waals surface area contributed by atoms with E-state index in [0.717, 1.165) is 30.6 Å². The standard InChI is InChI=1S/C14H26N4O/c1-11(2)7-6-8-15-14(19)17(4)10-13-9-16-18(5)12(13)3/h9,11H,6-8,10H2,1-5H3,(H,15,19). The highest BCUT2D eigenvalue weighted by Crippen LogP contribution is 2.08. The van der Waals surface area contributed by atoms with Gasteiger partial charge in [-0.15, -0.1) is 0 Å². The number of carbonyl (C=O) groups is 1. The molecule has 0 unspecified atom stereocenters. The second-order valence-electron chi connectivity index (χ2n) is 5.50. The van der Waals surface area contributed by atoms with Gasteiger partial charge in [0.15, 0.2) is 0 Å². The van der Waals surface area contributed by atoms with Gasteiger partial charge in [-0.3, -0.25) is 4.68 Å². The monoisotopic (exact) mass is 266 g/mol. The van der Waals surface area contributed by atoms with Crippen molar-refractivity contribution in [3.63, 3.8) is 0 Å². The zero-order valence-corrected chi connectivity index (χ0v) is 12.7. The van der Waals surface area contributed by atoms with E-state index >= 15 is 0 Å². The average Bonchev–Trinajstić information content (AvgIpc) is 2.66. The van der Waals surface area contributed by atoms with Gasteiger partial charge in [-0.2, -0.15) is 5.10 Å². The van der Waals surface area contributed by atoms with Crippen molar-refractivity contribution >= 4 is 6.03 Å². The maximum Gasteiger partial charge on any atom is 0.317 e. The van der Waals surface area contributed by atoms with Crippen molar-refractivity contribution < 1.29 is 4.79 Å². The molecule has 108 valence electrons. The molecule has 0 aliphatic rings. The van der Waals surface area contributed by atoms with E-state index in [1.54, 1.807) is 4.90 Å². The number of aromatic nitrogens is 2. The lowest BCUT2D eigenvalue weighted by Crippen LogP contribution is -2.37. The van der Waals surface area contributed by atoms with Crippen LogP contribution in [0.25, 0.3) is 0 Å². The molecule has 1 N–H and O–H groups in total. The fourth-order valence-corrected chi connectivity index (χ4v) is 1.87. The SMILES string of the molecule is Cc1c(CN(C)C(=O)NCCCC(C)C)cnn1C. The van der Waals surface area contributed by atoms with Gasteiger partial charge < -0.3 is 10.2 Å². The largest absolute Gasteiger partial charge is 0.338 e. The number of urea groups is 1. The second-order valence-corrected chi connectivity index (χ2v) is 5.50. The highest BCUT2D eigenvalue weighted by Gasteiger charge is 2.11. The Morgan fingerprint density at radius 3 is 2.74 bits per heavy atom. The molecule has 0 aliphatic heterocycles. The smallest absolute Gasteiger partial charge is 0.317 e. The minimum atomic E-state index is -0.0213. The summed E-state index contributed by atoms with van der Waals surface area (Å²) in [6, 6.07) is -0.0213. The van der Waals surface area contributed by atoms with E-state index in [9.17, 15) is 4.79 Å². The number of nitrogens with zero attached hydrogens (tertiary/aromatic N) is 3. The molecular formula is C14H26N4O. The Kier molecular flexibility index (Phi) is 5.86. The number of hydrogen-bond donors (Lipinski definition) is 1. The van der Waals surface area contributed by atoms with Crippen molar-refractivity contribution in [3.8, 4) is 0 Å². The van der Waals surface area contributed by atoms with Gasteiger partial charge in [-0.1, -0.05) is 13.8 Å². The fraction of sp³-hybridized carbons (Fsp3) is 0.714. The summed E-state index contributed by atoms with van der Waals surface area (Å²) in [6.07, 6.45) is 3.99. The maximum atomic E-state index is 11.9. The molecule has 0 fully saturated rings. The predicted molar refractivity (Wildman–Crippen MR) is 76.9 cm³/mol. The first-order valence-corrected chi connectivity index (χ1v) is 6.88. The van der Waals surface area contributed by atoms with Crippen molar-refractivity contribution in [2.45, 2.75) is 40.2 Å². The van der Waals surface area contributed by atoms with E-state index in [-0.39, 0.29) is 6.03 Å². The highest BCUT2D eigenvalue weighted by atomic mass is 16.2. The van der Waals surface area contributed by atoms with Crippen LogP contribution in [0.4, 0.5) is 4.79 Å². The Labute approximate surface area is 116 Å². The van der Waals surface area contributed by atoms with Crippen LogP contribution in [0, 0.1) is 12.8 Å². The Morgan fingerprint density at radius 1 is 1.53 bits per heavy atom. The summed E-state index contributed by atoms with van der Waals surface area (Å²) in [5.74, 6) is 0.688. The topological polar surface area (TPSA) is 50.2 Å². The molecule has 1 aromatic rings. The first kappa shape index (κ1) is 15.5. The Hall–Kier alpha value is -1.52. The van der Waals surface area contributed by atoms with Gasteiger partial charge >= 0.3 is 6.03 Å². The van der Waals surface area contributed by atoms with Gasteiger partial charge in [-0.05, 0) is 25.7 Å². The van der Waals surface area contributed by atoms with Gasteiger partial charge in [-0.25, -0.2) is 4.79 Å². The second kappa shape index (κ2) is 7.16. The summed E-state index contributed by atoms with van der Waals surface area (Å²) in [6.45, 7) is 7.73. The molecule has 0 aromatic carbocycles. The molecule has 1 aromatic heterocycles. The molecule has 0 radical (unpaired) electrons. The number of nitrogens with one attached hydrogen (secondary N) is 1. The van der Waals surface area contributed by atoms with E-state index in [4.69, 9.17) is 0 Å². The molecule has 19 heavy (non-hydrogen) atoms. The molecule has 0 saturated carbocycles. The van der Waals surface area contributed by atoms with Gasteiger partial charge in [0, 0.05) is 31.9 Å². The summed E-state index contributed by atoms with van der Waals surface area (Å²) < 4.78 is 1.82. The van der Waals surface area contributed by atoms with Crippen LogP contribution in [0.3, 0.4) is 0 Å². The van der Waals surface area contributed by atoms with Crippen LogP contribution in [0.15, 0.2) is 6.20 Å². The Bertz CT molecular complexity index is 412.